The lowest BCUT2D eigenvalue weighted by molar-refractivity contribution is 0.286. The number of rotatable bonds is 6. The molecule has 0 atom stereocenters. The van der Waals surface area contributed by atoms with E-state index < -0.39 is 0 Å². The minimum Gasteiger partial charge on any atom is -0.304 e. The molecule has 1 saturated carbocycles. The lowest BCUT2D eigenvalue weighted by atomic mass is 10.0. The maximum absolute atomic E-state index is 2.54. The zero-order chi connectivity index (χ0) is 9.52. The van der Waals surface area contributed by atoms with E-state index in [9.17, 15) is 0 Å². The summed E-state index contributed by atoms with van der Waals surface area (Å²) in [5.41, 5.74) is 0. The monoisotopic (exact) mass is 183 g/mol. The summed E-state index contributed by atoms with van der Waals surface area (Å²) >= 11 is 0. The molecular formula is C12H25N. The largest absolute Gasteiger partial charge is 0.304 e. The molecule has 1 heteroatoms. The Labute approximate surface area is 83.5 Å². The van der Waals surface area contributed by atoms with Crippen molar-refractivity contribution in [2.24, 2.45) is 5.92 Å². The first kappa shape index (κ1) is 11.0. The summed E-state index contributed by atoms with van der Waals surface area (Å²) in [6, 6.07) is 0. The molecule has 0 amide bonds. The van der Waals surface area contributed by atoms with Crippen LogP contribution in [0.15, 0.2) is 0 Å². The summed E-state index contributed by atoms with van der Waals surface area (Å²) in [6.45, 7) is 8.30. The molecule has 0 aliphatic heterocycles. The zero-order valence-corrected chi connectivity index (χ0v) is 9.39. The lowest BCUT2D eigenvalue weighted by Crippen LogP contribution is -2.24. The van der Waals surface area contributed by atoms with Crippen molar-refractivity contribution in [2.45, 2.75) is 52.4 Å². The molecule has 0 aromatic heterocycles. The van der Waals surface area contributed by atoms with E-state index in [0.717, 1.165) is 5.92 Å². The second-order valence-corrected chi connectivity index (χ2v) is 4.32. The SMILES string of the molecule is CCN(CC)CCCC1CCCC1. The second kappa shape index (κ2) is 6.42. The third-order valence-corrected chi connectivity index (χ3v) is 3.46. The van der Waals surface area contributed by atoms with Crippen molar-refractivity contribution in [2.75, 3.05) is 19.6 Å². The van der Waals surface area contributed by atoms with Crippen molar-refractivity contribution >= 4 is 0 Å². The highest BCUT2D eigenvalue weighted by Crippen LogP contribution is 2.28. The minimum absolute atomic E-state index is 1.08. The third-order valence-electron chi connectivity index (χ3n) is 3.46. The van der Waals surface area contributed by atoms with Crippen LogP contribution in [-0.2, 0) is 0 Å². The molecule has 1 aliphatic rings. The van der Waals surface area contributed by atoms with Crippen LogP contribution >= 0.6 is 0 Å². The van der Waals surface area contributed by atoms with Crippen molar-refractivity contribution < 1.29 is 0 Å². The highest BCUT2D eigenvalue weighted by Gasteiger charge is 2.14. The molecule has 1 fully saturated rings. The smallest absolute Gasteiger partial charge is 0.00189 e. The van der Waals surface area contributed by atoms with Crippen molar-refractivity contribution in [3.05, 3.63) is 0 Å². The molecule has 0 spiro atoms. The Hall–Kier alpha value is -0.0400. The summed E-state index contributed by atoms with van der Waals surface area (Å²) in [4.78, 5) is 2.54. The highest BCUT2D eigenvalue weighted by molar-refractivity contribution is 4.67. The molecule has 0 heterocycles. The Morgan fingerprint density at radius 2 is 1.69 bits per heavy atom. The van der Waals surface area contributed by atoms with Gasteiger partial charge >= 0.3 is 0 Å². The Balaban J connectivity index is 1.98. The average Bonchev–Trinajstić information content (AvgIpc) is 2.65. The average molecular weight is 183 g/mol. The summed E-state index contributed by atoms with van der Waals surface area (Å²) < 4.78 is 0. The number of nitrogens with zero attached hydrogens (tertiary/aromatic N) is 1. The number of hydrogen-bond acceptors (Lipinski definition) is 1. The first-order chi connectivity index (χ1) is 6.36. The molecule has 1 nitrogen and oxygen atoms in total. The first-order valence-corrected chi connectivity index (χ1v) is 6.09. The summed E-state index contributed by atoms with van der Waals surface area (Å²) in [6.07, 6.45) is 8.92. The van der Waals surface area contributed by atoms with E-state index in [0.29, 0.717) is 0 Å². The maximum Gasteiger partial charge on any atom is -0.00189 e. The lowest BCUT2D eigenvalue weighted by Gasteiger charge is -2.18. The van der Waals surface area contributed by atoms with Crippen LogP contribution in [-0.4, -0.2) is 24.5 Å². The van der Waals surface area contributed by atoms with Crippen molar-refractivity contribution in [1.29, 1.82) is 0 Å². The Bertz CT molecular complexity index is 110. The van der Waals surface area contributed by atoms with Crippen LogP contribution in [0.5, 0.6) is 0 Å². The summed E-state index contributed by atoms with van der Waals surface area (Å²) in [7, 11) is 0. The standard InChI is InChI=1S/C12H25N/c1-3-13(4-2)11-7-10-12-8-5-6-9-12/h12H,3-11H2,1-2H3. The van der Waals surface area contributed by atoms with E-state index in [1.165, 1.54) is 58.2 Å². The minimum atomic E-state index is 1.08. The van der Waals surface area contributed by atoms with Gasteiger partial charge in [0.25, 0.3) is 0 Å². The molecule has 0 saturated heterocycles. The molecule has 0 aromatic carbocycles. The van der Waals surface area contributed by atoms with Gasteiger partial charge in [0.1, 0.15) is 0 Å². The normalized spacial score (nSPS) is 18.7. The van der Waals surface area contributed by atoms with E-state index in [-0.39, 0.29) is 0 Å². The Morgan fingerprint density at radius 3 is 2.23 bits per heavy atom. The van der Waals surface area contributed by atoms with Gasteiger partial charge in [-0.3, -0.25) is 0 Å². The van der Waals surface area contributed by atoms with Crippen molar-refractivity contribution in [3.8, 4) is 0 Å². The van der Waals surface area contributed by atoms with Gasteiger partial charge in [-0.05, 0) is 38.4 Å². The van der Waals surface area contributed by atoms with Gasteiger partial charge in [-0.15, -0.1) is 0 Å². The van der Waals surface area contributed by atoms with E-state index >= 15 is 0 Å². The van der Waals surface area contributed by atoms with Crippen LogP contribution in [0.25, 0.3) is 0 Å². The second-order valence-electron chi connectivity index (χ2n) is 4.32. The van der Waals surface area contributed by atoms with Crippen LogP contribution in [0.3, 0.4) is 0 Å². The molecule has 0 bridgehead atoms. The molecular weight excluding hydrogens is 158 g/mol. The fourth-order valence-electron chi connectivity index (χ4n) is 2.44. The fourth-order valence-corrected chi connectivity index (χ4v) is 2.44. The first-order valence-electron chi connectivity index (χ1n) is 6.09. The topological polar surface area (TPSA) is 3.24 Å². The van der Waals surface area contributed by atoms with Gasteiger partial charge in [0.2, 0.25) is 0 Å². The third kappa shape index (κ3) is 4.12. The molecule has 1 rings (SSSR count). The Morgan fingerprint density at radius 1 is 1.08 bits per heavy atom. The van der Waals surface area contributed by atoms with Gasteiger partial charge in [-0.1, -0.05) is 39.5 Å². The van der Waals surface area contributed by atoms with E-state index in [2.05, 4.69) is 18.7 Å². The van der Waals surface area contributed by atoms with Crippen molar-refractivity contribution in [1.82, 2.24) is 4.90 Å². The fraction of sp³-hybridized carbons (Fsp3) is 1.00. The molecule has 0 N–H and O–H groups in total. The van der Waals surface area contributed by atoms with Gasteiger partial charge in [0.15, 0.2) is 0 Å². The van der Waals surface area contributed by atoms with Gasteiger partial charge in [-0.2, -0.15) is 0 Å². The number of hydrogen-bond donors (Lipinski definition) is 0. The van der Waals surface area contributed by atoms with Gasteiger partial charge in [0, 0.05) is 0 Å². The van der Waals surface area contributed by atoms with Crippen LogP contribution < -0.4 is 0 Å². The van der Waals surface area contributed by atoms with Gasteiger partial charge in [-0.25, -0.2) is 0 Å². The van der Waals surface area contributed by atoms with Crippen LogP contribution in [0.4, 0.5) is 0 Å². The molecule has 13 heavy (non-hydrogen) atoms. The quantitative estimate of drug-likeness (QED) is 0.610. The van der Waals surface area contributed by atoms with Crippen molar-refractivity contribution in [3.63, 3.8) is 0 Å². The Kier molecular flexibility index (Phi) is 5.45. The van der Waals surface area contributed by atoms with E-state index in [1.807, 2.05) is 0 Å². The van der Waals surface area contributed by atoms with E-state index in [1.54, 1.807) is 0 Å². The molecule has 0 radical (unpaired) electrons. The van der Waals surface area contributed by atoms with Crippen LogP contribution in [0.2, 0.25) is 0 Å². The van der Waals surface area contributed by atoms with Crippen LogP contribution in [0.1, 0.15) is 52.4 Å². The molecule has 78 valence electrons. The maximum atomic E-state index is 2.54. The van der Waals surface area contributed by atoms with Gasteiger partial charge in [0.05, 0.1) is 0 Å². The zero-order valence-electron chi connectivity index (χ0n) is 9.39. The van der Waals surface area contributed by atoms with Crippen LogP contribution in [0, 0.1) is 5.92 Å². The summed E-state index contributed by atoms with van der Waals surface area (Å²) in [5.74, 6) is 1.08. The predicted molar refractivity (Wildman–Crippen MR) is 59.0 cm³/mol. The molecule has 0 aromatic rings. The van der Waals surface area contributed by atoms with Gasteiger partial charge < -0.3 is 4.90 Å². The molecule has 1 aliphatic carbocycles. The highest BCUT2D eigenvalue weighted by atomic mass is 15.1. The predicted octanol–water partition coefficient (Wildman–Crippen LogP) is 3.30. The van der Waals surface area contributed by atoms with E-state index in [4.69, 9.17) is 0 Å². The molecule has 0 unspecified atom stereocenters. The summed E-state index contributed by atoms with van der Waals surface area (Å²) in [5, 5.41) is 0.